The van der Waals surface area contributed by atoms with Crippen molar-refractivity contribution >= 4 is 11.8 Å². The highest BCUT2D eigenvalue weighted by molar-refractivity contribution is 7.98. The molecule has 0 unspecified atom stereocenters. The zero-order chi connectivity index (χ0) is 12.5. The number of hydrogen-bond donors (Lipinski definition) is 1. The summed E-state index contributed by atoms with van der Waals surface area (Å²) < 4.78 is 0. The molecule has 0 aromatic heterocycles. The van der Waals surface area contributed by atoms with Gasteiger partial charge in [-0.2, -0.15) is 11.8 Å². The van der Waals surface area contributed by atoms with Crippen molar-refractivity contribution in [2.75, 3.05) is 12.4 Å². The van der Waals surface area contributed by atoms with Crippen LogP contribution >= 0.6 is 11.8 Å². The maximum Gasteiger partial charge on any atom is 0.104 e. The molecule has 92 valence electrons. The molecule has 0 fully saturated rings. The number of rotatable bonds is 5. The largest absolute Gasteiger partial charge is 0.384 e. The highest BCUT2D eigenvalue weighted by atomic mass is 32.2. The van der Waals surface area contributed by atoms with Crippen molar-refractivity contribution in [3.63, 3.8) is 0 Å². The Labute approximate surface area is 109 Å². The number of thioether (sulfide) groups is 1. The monoisotopic (exact) mass is 248 g/mol. The van der Waals surface area contributed by atoms with E-state index in [0.717, 1.165) is 17.2 Å². The molecule has 0 heterocycles. The van der Waals surface area contributed by atoms with Crippen LogP contribution in [0, 0.1) is 17.8 Å². The normalized spacial score (nSPS) is 10.1. The molecule has 0 aliphatic heterocycles. The smallest absolute Gasteiger partial charge is 0.104 e. The third-order valence-electron chi connectivity index (χ3n) is 2.37. The van der Waals surface area contributed by atoms with E-state index in [9.17, 15) is 0 Å². The van der Waals surface area contributed by atoms with Crippen molar-refractivity contribution < 1.29 is 5.11 Å². The first-order valence-corrected chi connectivity index (χ1v) is 7.14. The zero-order valence-corrected chi connectivity index (χ0v) is 11.4. The lowest BCUT2D eigenvalue weighted by atomic mass is 10.1. The minimum Gasteiger partial charge on any atom is -0.384 e. The van der Waals surface area contributed by atoms with Gasteiger partial charge in [-0.05, 0) is 35.8 Å². The predicted octanol–water partition coefficient (Wildman–Crippen LogP) is 3.31. The minimum atomic E-state index is -0.0766. The molecule has 17 heavy (non-hydrogen) atoms. The van der Waals surface area contributed by atoms with Gasteiger partial charge in [0.25, 0.3) is 0 Å². The Hall–Kier alpha value is -0.910. The Bertz CT molecular complexity index is 370. The molecule has 0 saturated heterocycles. The van der Waals surface area contributed by atoms with Crippen LogP contribution < -0.4 is 0 Å². The molecule has 0 bridgehead atoms. The third kappa shape index (κ3) is 6.41. The Kier molecular flexibility index (Phi) is 6.84. The maximum atomic E-state index is 8.59. The molecule has 1 rings (SSSR count). The Morgan fingerprint density at radius 3 is 2.53 bits per heavy atom. The van der Waals surface area contributed by atoms with Crippen molar-refractivity contribution in [1.29, 1.82) is 0 Å². The summed E-state index contributed by atoms with van der Waals surface area (Å²) >= 11 is 1.98. The lowest BCUT2D eigenvalue weighted by Gasteiger charge is -2.04. The van der Waals surface area contributed by atoms with Crippen molar-refractivity contribution in [2.24, 2.45) is 5.92 Å². The zero-order valence-electron chi connectivity index (χ0n) is 10.6. The average Bonchev–Trinajstić information content (AvgIpc) is 2.33. The average molecular weight is 248 g/mol. The number of hydrogen-bond acceptors (Lipinski definition) is 2. The van der Waals surface area contributed by atoms with Crippen LogP contribution in [0.25, 0.3) is 0 Å². The molecule has 0 spiro atoms. The van der Waals surface area contributed by atoms with E-state index in [4.69, 9.17) is 5.11 Å². The lowest BCUT2D eigenvalue weighted by molar-refractivity contribution is 0.350. The fourth-order valence-electron chi connectivity index (χ4n) is 1.33. The van der Waals surface area contributed by atoms with Crippen LogP contribution in [-0.2, 0) is 5.75 Å². The van der Waals surface area contributed by atoms with Crippen LogP contribution in [0.1, 0.15) is 31.4 Å². The van der Waals surface area contributed by atoms with E-state index in [0.29, 0.717) is 0 Å². The molecule has 0 amide bonds. The first-order valence-electron chi connectivity index (χ1n) is 5.99. The van der Waals surface area contributed by atoms with E-state index >= 15 is 0 Å². The minimum absolute atomic E-state index is 0.0766. The molecule has 1 aromatic rings. The van der Waals surface area contributed by atoms with E-state index < -0.39 is 0 Å². The number of aliphatic hydroxyl groups is 1. The molecule has 0 aliphatic carbocycles. The third-order valence-corrected chi connectivity index (χ3v) is 3.44. The van der Waals surface area contributed by atoms with Gasteiger partial charge in [0.2, 0.25) is 0 Å². The highest BCUT2D eigenvalue weighted by Gasteiger charge is 1.96. The van der Waals surface area contributed by atoms with Crippen molar-refractivity contribution in [2.45, 2.75) is 26.0 Å². The second kappa shape index (κ2) is 8.22. The van der Waals surface area contributed by atoms with Gasteiger partial charge in [-0.25, -0.2) is 0 Å². The Balaban J connectivity index is 2.35. The van der Waals surface area contributed by atoms with Gasteiger partial charge in [0.1, 0.15) is 6.61 Å². The summed E-state index contributed by atoms with van der Waals surface area (Å²) in [6, 6.07) is 8.26. The van der Waals surface area contributed by atoms with E-state index in [1.165, 1.54) is 17.7 Å². The molecule has 1 nitrogen and oxygen atoms in total. The SMILES string of the molecule is CC(C)CCSCc1ccc(C#CCO)cc1. The molecule has 2 heteroatoms. The molecule has 0 atom stereocenters. The van der Waals surface area contributed by atoms with Gasteiger partial charge >= 0.3 is 0 Å². The van der Waals surface area contributed by atoms with Gasteiger partial charge in [0, 0.05) is 11.3 Å². The Morgan fingerprint density at radius 1 is 1.24 bits per heavy atom. The summed E-state index contributed by atoms with van der Waals surface area (Å²) in [5.74, 6) is 8.63. The summed E-state index contributed by atoms with van der Waals surface area (Å²) in [6.45, 7) is 4.44. The number of aliphatic hydroxyl groups excluding tert-OH is 1. The fraction of sp³-hybridized carbons (Fsp3) is 0.467. The number of benzene rings is 1. The van der Waals surface area contributed by atoms with Crippen LogP contribution in [0.2, 0.25) is 0 Å². The summed E-state index contributed by atoms with van der Waals surface area (Å²) in [4.78, 5) is 0. The second-order valence-corrected chi connectivity index (χ2v) is 5.50. The second-order valence-electron chi connectivity index (χ2n) is 4.39. The van der Waals surface area contributed by atoms with Gasteiger partial charge in [0.15, 0.2) is 0 Å². The van der Waals surface area contributed by atoms with Gasteiger partial charge in [0.05, 0.1) is 0 Å². The molecular weight excluding hydrogens is 228 g/mol. The summed E-state index contributed by atoms with van der Waals surface area (Å²) in [5, 5.41) is 8.59. The van der Waals surface area contributed by atoms with Crippen LogP contribution in [0.3, 0.4) is 0 Å². The van der Waals surface area contributed by atoms with Gasteiger partial charge < -0.3 is 5.11 Å². The Morgan fingerprint density at radius 2 is 1.94 bits per heavy atom. The quantitative estimate of drug-likeness (QED) is 0.637. The van der Waals surface area contributed by atoms with Gasteiger partial charge in [-0.1, -0.05) is 37.8 Å². The molecule has 0 aliphatic rings. The predicted molar refractivity (Wildman–Crippen MR) is 76.0 cm³/mol. The molecule has 0 saturated carbocycles. The van der Waals surface area contributed by atoms with Crippen LogP contribution in [0.15, 0.2) is 24.3 Å². The summed E-state index contributed by atoms with van der Waals surface area (Å²) in [6.07, 6.45) is 1.28. The van der Waals surface area contributed by atoms with Crippen molar-refractivity contribution in [1.82, 2.24) is 0 Å². The van der Waals surface area contributed by atoms with E-state index in [2.05, 4.69) is 37.8 Å². The summed E-state index contributed by atoms with van der Waals surface area (Å²) in [5.41, 5.74) is 2.31. The molecule has 1 aromatic carbocycles. The van der Waals surface area contributed by atoms with E-state index in [1.807, 2.05) is 23.9 Å². The first kappa shape index (κ1) is 14.2. The van der Waals surface area contributed by atoms with Crippen LogP contribution in [0.5, 0.6) is 0 Å². The first-order chi connectivity index (χ1) is 8.22. The fourth-order valence-corrected chi connectivity index (χ4v) is 2.55. The van der Waals surface area contributed by atoms with Gasteiger partial charge in [-0.3, -0.25) is 0 Å². The van der Waals surface area contributed by atoms with E-state index in [1.54, 1.807) is 0 Å². The molecular formula is C15H20OS. The summed E-state index contributed by atoms with van der Waals surface area (Å²) in [7, 11) is 0. The van der Waals surface area contributed by atoms with Crippen molar-refractivity contribution in [3.8, 4) is 11.8 Å². The van der Waals surface area contributed by atoms with Crippen LogP contribution in [0.4, 0.5) is 0 Å². The van der Waals surface area contributed by atoms with E-state index in [-0.39, 0.29) is 6.61 Å². The topological polar surface area (TPSA) is 20.2 Å². The van der Waals surface area contributed by atoms with Gasteiger partial charge in [-0.15, -0.1) is 0 Å². The van der Waals surface area contributed by atoms with Crippen molar-refractivity contribution in [3.05, 3.63) is 35.4 Å². The molecule has 1 N–H and O–H groups in total. The van der Waals surface area contributed by atoms with Crippen LogP contribution in [-0.4, -0.2) is 17.5 Å². The maximum absolute atomic E-state index is 8.59. The molecule has 0 radical (unpaired) electrons. The standard InChI is InChI=1S/C15H20OS/c1-13(2)9-11-17-12-15-7-5-14(6-8-15)4-3-10-16/h5-8,13,16H,9-12H2,1-2H3. The highest BCUT2D eigenvalue weighted by Crippen LogP contribution is 2.15. The lowest BCUT2D eigenvalue weighted by Crippen LogP contribution is -1.90.